The van der Waals surface area contributed by atoms with Gasteiger partial charge in [0.2, 0.25) is 0 Å². The molecule has 2 saturated heterocycles. The van der Waals surface area contributed by atoms with Gasteiger partial charge in [-0.2, -0.15) is 5.10 Å². The van der Waals surface area contributed by atoms with Crippen molar-refractivity contribution < 1.29 is 9.53 Å². The number of ether oxygens (including phenoxy) is 1. The van der Waals surface area contributed by atoms with E-state index < -0.39 is 0 Å². The standard InChI is InChI=1S/C23H30N4O2/c28-22(24-16-19-10-13-27(25-19)20-8-4-5-9-20)26-17-23(11-14-29-15-12-23)21(26)18-6-2-1-3-7-18/h1-3,6-7,10,13,20-21H,4-5,8-9,11-12,14-17H2,(H,24,28). The van der Waals surface area contributed by atoms with E-state index in [4.69, 9.17) is 9.84 Å². The first kappa shape index (κ1) is 18.7. The smallest absolute Gasteiger partial charge is 0.318 e. The van der Waals surface area contributed by atoms with Crippen LogP contribution in [0.4, 0.5) is 4.79 Å². The van der Waals surface area contributed by atoms with E-state index in [1.54, 1.807) is 0 Å². The number of carbonyl (C=O) groups is 1. The highest BCUT2D eigenvalue weighted by molar-refractivity contribution is 5.76. The molecule has 2 aromatic rings. The summed E-state index contributed by atoms with van der Waals surface area (Å²) < 4.78 is 7.69. The monoisotopic (exact) mass is 394 g/mol. The zero-order chi connectivity index (χ0) is 19.7. The molecule has 1 aromatic heterocycles. The number of aromatic nitrogens is 2. The Labute approximate surface area is 172 Å². The normalized spacial score (nSPS) is 23.9. The van der Waals surface area contributed by atoms with Crippen LogP contribution in [-0.4, -0.2) is 40.5 Å². The van der Waals surface area contributed by atoms with Gasteiger partial charge in [-0.15, -0.1) is 0 Å². The van der Waals surface area contributed by atoms with Crippen molar-refractivity contribution in [2.24, 2.45) is 5.41 Å². The largest absolute Gasteiger partial charge is 0.381 e. The van der Waals surface area contributed by atoms with Crippen LogP contribution in [0.25, 0.3) is 0 Å². The number of carbonyl (C=O) groups excluding carboxylic acids is 1. The zero-order valence-corrected chi connectivity index (χ0v) is 16.9. The summed E-state index contributed by atoms with van der Waals surface area (Å²) in [7, 11) is 0. The predicted molar refractivity (Wildman–Crippen MR) is 110 cm³/mol. The summed E-state index contributed by atoms with van der Waals surface area (Å²) >= 11 is 0. The fourth-order valence-electron chi connectivity index (χ4n) is 5.41. The number of nitrogens with one attached hydrogen (secondary N) is 1. The number of nitrogens with zero attached hydrogens (tertiary/aromatic N) is 3. The number of amides is 2. The molecule has 3 heterocycles. The average molecular weight is 395 g/mol. The lowest BCUT2D eigenvalue weighted by Crippen LogP contribution is -2.64. The zero-order valence-electron chi connectivity index (χ0n) is 16.9. The molecule has 3 fully saturated rings. The minimum atomic E-state index is 0.00591. The van der Waals surface area contributed by atoms with Gasteiger partial charge in [-0.3, -0.25) is 4.68 Å². The number of hydrogen-bond acceptors (Lipinski definition) is 3. The minimum absolute atomic E-state index is 0.00591. The first-order valence-corrected chi connectivity index (χ1v) is 11.0. The predicted octanol–water partition coefficient (Wildman–Crippen LogP) is 4.06. The third kappa shape index (κ3) is 3.54. The third-order valence-corrected chi connectivity index (χ3v) is 7.02. The molecule has 0 radical (unpaired) electrons. The summed E-state index contributed by atoms with van der Waals surface area (Å²) in [5.74, 6) is 0. The van der Waals surface area contributed by atoms with E-state index >= 15 is 0 Å². The topological polar surface area (TPSA) is 59.4 Å². The van der Waals surface area contributed by atoms with E-state index in [-0.39, 0.29) is 17.5 Å². The molecular formula is C23H30N4O2. The van der Waals surface area contributed by atoms with Crippen molar-refractivity contribution in [3.63, 3.8) is 0 Å². The molecule has 1 unspecified atom stereocenters. The van der Waals surface area contributed by atoms with E-state index in [2.05, 4.69) is 40.5 Å². The van der Waals surface area contributed by atoms with Gasteiger partial charge in [0, 0.05) is 31.4 Å². The van der Waals surface area contributed by atoms with Crippen molar-refractivity contribution >= 4 is 6.03 Å². The third-order valence-electron chi connectivity index (χ3n) is 7.02. The molecule has 5 rings (SSSR count). The molecule has 1 spiro atoms. The van der Waals surface area contributed by atoms with Crippen LogP contribution >= 0.6 is 0 Å². The van der Waals surface area contributed by atoms with Crippen LogP contribution in [0.3, 0.4) is 0 Å². The van der Waals surface area contributed by atoms with Gasteiger partial charge in [-0.1, -0.05) is 43.2 Å². The van der Waals surface area contributed by atoms with Crippen molar-refractivity contribution in [1.29, 1.82) is 0 Å². The van der Waals surface area contributed by atoms with Gasteiger partial charge in [-0.25, -0.2) is 4.79 Å². The number of benzene rings is 1. The molecule has 1 aromatic carbocycles. The molecule has 2 aliphatic heterocycles. The summed E-state index contributed by atoms with van der Waals surface area (Å²) in [6, 6.07) is 13.1. The molecule has 29 heavy (non-hydrogen) atoms. The Morgan fingerprint density at radius 3 is 2.66 bits per heavy atom. The highest BCUT2D eigenvalue weighted by atomic mass is 16.5. The van der Waals surface area contributed by atoms with Gasteiger partial charge in [0.05, 0.1) is 24.3 Å². The molecule has 1 saturated carbocycles. The number of urea groups is 1. The van der Waals surface area contributed by atoms with Gasteiger partial charge in [0.15, 0.2) is 0 Å². The maximum Gasteiger partial charge on any atom is 0.318 e. The maximum absolute atomic E-state index is 13.0. The van der Waals surface area contributed by atoms with Crippen LogP contribution in [-0.2, 0) is 11.3 Å². The first-order valence-electron chi connectivity index (χ1n) is 11.0. The molecule has 3 aliphatic rings. The second-order valence-corrected chi connectivity index (χ2v) is 8.80. The summed E-state index contributed by atoms with van der Waals surface area (Å²) in [5.41, 5.74) is 2.31. The highest BCUT2D eigenvalue weighted by Gasteiger charge is 2.55. The summed E-state index contributed by atoms with van der Waals surface area (Å²) in [6.45, 7) is 2.86. The van der Waals surface area contributed by atoms with Crippen LogP contribution in [0.15, 0.2) is 42.6 Å². The molecule has 6 nitrogen and oxygen atoms in total. The van der Waals surface area contributed by atoms with Crippen molar-refractivity contribution in [3.8, 4) is 0 Å². The van der Waals surface area contributed by atoms with Crippen LogP contribution < -0.4 is 5.32 Å². The Morgan fingerprint density at radius 1 is 1.14 bits per heavy atom. The van der Waals surface area contributed by atoms with Gasteiger partial charge in [0.25, 0.3) is 0 Å². The van der Waals surface area contributed by atoms with Gasteiger partial charge >= 0.3 is 6.03 Å². The summed E-state index contributed by atoms with van der Waals surface area (Å²) in [5, 5.41) is 7.80. The molecule has 1 N–H and O–H groups in total. The summed E-state index contributed by atoms with van der Waals surface area (Å²) in [4.78, 5) is 15.0. The quantitative estimate of drug-likeness (QED) is 0.851. The Morgan fingerprint density at radius 2 is 1.90 bits per heavy atom. The number of hydrogen-bond donors (Lipinski definition) is 1. The maximum atomic E-state index is 13.0. The van der Waals surface area contributed by atoms with Crippen LogP contribution in [0.1, 0.15) is 61.9 Å². The fourth-order valence-corrected chi connectivity index (χ4v) is 5.41. The Bertz CT molecular complexity index is 838. The van der Waals surface area contributed by atoms with Crippen molar-refractivity contribution in [1.82, 2.24) is 20.0 Å². The lowest BCUT2D eigenvalue weighted by Gasteiger charge is -2.59. The molecule has 154 valence electrons. The second-order valence-electron chi connectivity index (χ2n) is 8.80. The van der Waals surface area contributed by atoms with E-state index in [1.807, 2.05) is 17.0 Å². The lowest BCUT2D eigenvalue weighted by atomic mass is 9.64. The van der Waals surface area contributed by atoms with Crippen LogP contribution in [0.5, 0.6) is 0 Å². The Kier molecular flexibility index (Phi) is 5.04. The van der Waals surface area contributed by atoms with E-state index in [0.717, 1.165) is 38.3 Å². The van der Waals surface area contributed by atoms with Gasteiger partial charge < -0.3 is 15.0 Å². The van der Waals surface area contributed by atoms with Crippen LogP contribution in [0, 0.1) is 5.41 Å². The molecular weight excluding hydrogens is 364 g/mol. The molecule has 6 heteroatoms. The summed E-state index contributed by atoms with van der Waals surface area (Å²) in [6.07, 6.45) is 9.10. The number of likely N-dealkylation sites (tertiary alicyclic amines) is 1. The lowest BCUT2D eigenvalue weighted by molar-refractivity contribution is -0.111. The minimum Gasteiger partial charge on any atom is -0.381 e. The molecule has 1 atom stereocenters. The first-order chi connectivity index (χ1) is 14.3. The van der Waals surface area contributed by atoms with Gasteiger partial charge in [0.1, 0.15) is 0 Å². The number of rotatable bonds is 4. The van der Waals surface area contributed by atoms with E-state index in [1.165, 1.54) is 31.2 Å². The second kappa shape index (κ2) is 7.82. The molecule has 1 aliphatic carbocycles. The van der Waals surface area contributed by atoms with E-state index in [0.29, 0.717) is 12.6 Å². The van der Waals surface area contributed by atoms with Crippen molar-refractivity contribution in [2.75, 3.05) is 19.8 Å². The fraction of sp³-hybridized carbons (Fsp3) is 0.565. The molecule has 2 amide bonds. The Hall–Kier alpha value is -2.34. The highest BCUT2D eigenvalue weighted by Crippen LogP contribution is 2.54. The average Bonchev–Trinajstić information content (AvgIpc) is 3.44. The van der Waals surface area contributed by atoms with Crippen LogP contribution in [0.2, 0.25) is 0 Å². The van der Waals surface area contributed by atoms with E-state index in [9.17, 15) is 4.79 Å². The van der Waals surface area contributed by atoms with Crippen molar-refractivity contribution in [2.45, 2.75) is 57.2 Å². The Balaban J connectivity index is 1.25. The van der Waals surface area contributed by atoms with Gasteiger partial charge in [-0.05, 0) is 37.3 Å². The SMILES string of the molecule is O=C(NCc1ccn(C2CCCC2)n1)N1CC2(CCOCC2)C1c1ccccc1. The van der Waals surface area contributed by atoms with Crippen molar-refractivity contribution in [3.05, 3.63) is 53.9 Å². The molecule has 0 bridgehead atoms.